The van der Waals surface area contributed by atoms with Crippen LogP contribution in [0.15, 0.2) is 42.2 Å². The number of hydrogen-bond acceptors (Lipinski definition) is 2. The highest BCUT2D eigenvalue weighted by atomic mass is 79.9. The smallest absolute Gasteiger partial charge is 0.0700 e. The SMILES string of the molecule is CCCCCCCCCCCCc1cc(Br)c(N(CCN)c2c(Br)cc(CCCCCCCCCCCC)cc2Br)c(Br)c1. The van der Waals surface area contributed by atoms with Crippen LogP contribution in [0.4, 0.5) is 11.4 Å². The van der Waals surface area contributed by atoms with Crippen molar-refractivity contribution in [1.82, 2.24) is 0 Å². The van der Waals surface area contributed by atoms with Crippen molar-refractivity contribution in [3.05, 3.63) is 53.3 Å². The summed E-state index contributed by atoms with van der Waals surface area (Å²) in [7, 11) is 0. The first kappa shape index (κ1) is 40.3. The molecule has 2 aromatic rings. The van der Waals surface area contributed by atoms with Crippen molar-refractivity contribution >= 4 is 75.1 Å². The van der Waals surface area contributed by atoms with Crippen LogP contribution in [-0.2, 0) is 12.8 Å². The Hall–Kier alpha value is 0.120. The second kappa shape index (κ2) is 25.2. The molecule has 6 heteroatoms. The van der Waals surface area contributed by atoms with E-state index < -0.39 is 0 Å². The molecule has 0 bridgehead atoms. The number of benzene rings is 2. The average Bonchev–Trinajstić information content (AvgIpc) is 2.98. The van der Waals surface area contributed by atoms with E-state index in [0.29, 0.717) is 6.54 Å². The Balaban J connectivity index is 1.91. The Kier molecular flexibility index (Phi) is 23.1. The van der Waals surface area contributed by atoms with Crippen LogP contribution in [0.25, 0.3) is 0 Å². The highest BCUT2D eigenvalue weighted by Crippen LogP contribution is 2.45. The van der Waals surface area contributed by atoms with Gasteiger partial charge in [0.15, 0.2) is 0 Å². The minimum absolute atomic E-state index is 0.568. The molecule has 2 nitrogen and oxygen atoms in total. The van der Waals surface area contributed by atoms with Crippen molar-refractivity contribution in [2.75, 3.05) is 18.0 Å². The van der Waals surface area contributed by atoms with Gasteiger partial charge in [-0.3, -0.25) is 0 Å². The van der Waals surface area contributed by atoms with E-state index in [1.54, 1.807) is 0 Å². The van der Waals surface area contributed by atoms with E-state index in [0.717, 1.165) is 48.7 Å². The van der Waals surface area contributed by atoms with Gasteiger partial charge in [-0.2, -0.15) is 0 Å². The molecule has 0 unspecified atom stereocenters. The molecule has 250 valence electrons. The zero-order valence-electron chi connectivity index (χ0n) is 27.8. The highest BCUT2D eigenvalue weighted by molar-refractivity contribution is 9.11. The molecule has 2 N–H and O–H groups in total. The normalized spacial score (nSPS) is 11.4. The number of hydrogen-bond donors (Lipinski definition) is 1. The second-order valence-electron chi connectivity index (χ2n) is 12.6. The first-order chi connectivity index (χ1) is 21.4. The van der Waals surface area contributed by atoms with Crippen molar-refractivity contribution in [2.45, 2.75) is 155 Å². The summed E-state index contributed by atoms with van der Waals surface area (Å²) in [5, 5.41) is 0. The summed E-state index contributed by atoms with van der Waals surface area (Å²) >= 11 is 15.7. The summed E-state index contributed by atoms with van der Waals surface area (Å²) in [4.78, 5) is 2.33. The number of rotatable bonds is 26. The van der Waals surface area contributed by atoms with Crippen molar-refractivity contribution in [1.29, 1.82) is 0 Å². The van der Waals surface area contributed by atoms with E-state index in [-0.39, 0.29) is 0 Å². The number of halogens is 4. The number of unbranched alkanes of at least 4 members (excludes halogenated alkanes) is 18. The molecule has 0 heterocycles. The Bertz CT molecular complexity index is 916. The van der Waals surface area contributed by atoms with Crippen molar-refractivity contribution < 1.29 is 0 Å². The summed E-state index contributed by atoms with van der Waals surface area (Å²) in [6.45, 7) is 5.87. The maximum Gasteiger partial charge on any atom is 0.0700 e. The summed E-state index contributed by atoms with van der Waals surface area (Å²) in [6.07, 6.45) is 29.6. The zero-order valence-corrected chi connectivity index (χ0v) is 34.2. The summed E-state index contributed by atoms with van der Waals surface area (Å²) < 4.78 is 4.43. The Labute approximate surface area is 305 Å². The standard InChI is InChI=1S/C38H60Br4N2/c1-3-5-7-9-11-13-15-17-19-21-23-31-27-33(39)37(34(40)28-31)44(26-25-43)38-35(41)29-32(30-36(38)42)24-22-20-18-16-14-12-10-8-6-4-2/h27-30H,3-26,43H2,1-2H3. The van der Waals surface area contributed by atoms with Gasteiger partial charge in [-0.25, -0.2) is 0 Å². The van der Waals surface area contributed by atoms with E-state index in [2.05, 4.69) is 107 Å². The lowest BCUT2D eigenvalue weighted by molar-refractivity contribution is 0.556. The molecule has 0 spiro atoms. The van der Waals surface area contributed by atoms with Gasteiger partial charge in [0.05, 0.1) is 11.4 Å². The summed E-state index contributed by atoms with van der Waals surface area (Å²) in [5.74, 6) is 0. The number of nitrogens with two attached hydrogens (primary N) is 1. The lowest BCUT2D eigenvalue weighted by Crippen LogP contribution is -2.26. The maximum absolute atomic E-state index is 6.15. The molecule has 44 heavy (non-hydrogen) atoms. The molecule has 2 aromatic carbocycles. The van der Waals surface area contributed by atoms with E-state index in [1.165, 1.54) is 140 Å². The fourth-order valence-corrected chi connectivity index (χ4v) is 9.56. The molecule has 0 atom stereocenters. The number of nitrogens with zero attached hydrogens (tertiary/aromatic N) is 1. The molecule has 0 radical (unpaired) electrons. The molecular weight excluding hydrogens is 804 g/mol. The molecule has 2 rings (SSSR count). The largest absolute Gasteiger partial charge is 0.337 e. The summed E-state index contributed by atoms with van der Waals surface area (Å²) in [6, 6.07) is 9.22. The molecule has 0 aromatic heterocycles. The fraction of sp³-hybridized carbons (Fsp3) is 0.684. The van der Waals surface area contributed by atoms with Crippen molar-refractivity contribution in [3.8, 4) is 0 Å². The molecular formula is C38H60Br4N2. The second-order valence-corrected chi connectivity index (χ2v) is 16.0. The summed E-state index contributed by atoms with van der Waals surface area (Å²) in [5.41, 5.74) is 11.2. The highest BCUT2D eigenvalue weighted by Gasteiger charge is 2.21. The molecule has 0 saturated carbocycles. The van der Waals surface area contributed by atoms with Gasteiger partial charge >= 0.3 is 0 Å². The molecule has 0 aliphatic heterocycles. The third-order valence-corrected chi connectivity index (χ3v) is 11.1. The van der Waals surface area contributed by atoms with Crippen LogP contribution in [0.3, 0.4) is 0 Å². The molecule has 0 saturated heterocycles. The van der Waals surface area contributed by atoms with E-state index in [9.17, 15) is 0 Å². The third-order valence-electron chi connectivity index (χ3n) is 8.68. The van der Waals surface area contributed by atoms with Crippen LogP contribution < -0.4 is 10.6 Å². The third kappa shape index (κ3) is 15.8. The Morgan fingerprint density at radius 3 is 1.00 bits per heavy atom. The quantitative estimate of drug-likeness (QED) is 0.0955. The maximum atomic E-state index is 6.15. The van der Waals surface area contributed by atoms with Gasteiger partial charge in [0.25, 0.3) is 0 Å². The monoisotopic (exact) mass is 860 g/mol. The van der Waals surface area contributed by atoms with Crippen molar-refractivity contribution in [2.24, 2.45) is 5.73 Å². The van der Waals surface area contributed by atoms with E-state index in [1.807, 2.05) is 0 Å². The minimum Gasteiger partial charge on any atom is -0.337 e. The predicted octanol–water partition coefficient (Wildman–Crippen LogP) is 14.8. The van der Waals surface area contributed by atoms with E-state index in [4.69, 9.17) is 5.73 Å². The van der Waals surface area contributed by atoms with Crippen LogP contribution >= 0.6 is 63.7 Å². The Morgan fingerprint density at radius 2 is 0.727 bits per heavy atom. The van der Waals surface area contributed by atoms with Crippen LogP contribution in [0, 0.1) is 0 Å². The molecule has 0 amide bonds. The van der Waals surface area contributed by atoms with E-state index >= 15 is 0 Å². The fourth-order valence-electron chi connectivity index (χ4n) is 6.14. The molecule has 0 fully saturated rings. The topological polar surface area (TPSA) is 29.3 Å². The minimum atomic E-state index is 0.568. The Morgan fingerprint density at radius 1 is 0.455 bits per heavy atom. The van der Waals surface area contributed by atoms with Crippen LogP contribution in [-0.4, -0.2) is 13.1 Å². The van der Waals surface area contributed by atoms with Gasteiger partial charge in [0.1, 0.15) is 0 Å². The average molecular weight is 865 g/mol. The van der Waals surface area contributed by atoms with Crippen molar-refractivity contribution in [3.63, 3.8) is 0 Å². The van der Waals surface area contributed by atoms with Crippen LogP contribution in [0.2, 0.25) is 0 Å². The van der Waals surface area contributed by atoms with Gasteiger partial charge in [-0.1, -0.05) is 129 Å². The first-order valence-corrected chi connectivity index (χ1v) is 21.0. The number of aryl methyl sites for hydroxylation is 2. The first-order valence-electron chi connectivity index (χ1n) is 17.9. The lowest BCUT2D eigenvalue weighted by atomic mass is 10.0. The van der Waals surface area contributed by atoms with Gasteiger partial charge in [-0.15, -0.1) is 0 Å². The molecule has 0 aliphatic carbocycles. The number of anilines is 2. The molecule has 0 aliphatic rings. The van der Waals surface area contributed by atoms with Crippen LogP contribution in [0.5, 0.6) is 0 Å². The lowest BCUT2D eigenvalue weighted by Gasteiger charge is -2.29. The predicted molar refractivity (Wildman–Crippen MR) is 211 cm³/mol. The van der Waals surface area contributed by atoms with Gasteiger partial charge in [0.2, 0.25) is 0 Å². The van der Waals surface area contributed by atoms with Gasteiger partial charge in [0, 0.05) is 31.0 Å². The zero-order chi connectivity index (χ0) is 32.0. The van der Waals surface area contributed by atoms with Gasteiger partial charge in [-0.05, 0) is 125 Å². The van der Waals surface area contributed by atoms with Crippen LogP contribution in [0.1, 0.15) is 153 Å². The van der Waals surface area contributed by atoms with Gasteiger partial charge < -0.3 is 10.6 Å².